The van der Waals surface area contributed by atoms with E-state index in [0.717, 1.165) is 41.8 Å². The smallest absolute Gasteiger partial charge is 0.272 e. The van der Waals surface area contributed by atoms with Gasteiger partial charge in [-0.25, -0.2) is 17.9 Å². The molecule has 1 amide bonds. The highest BCUT2D eigenvalue weighted by Gasteiger charge is 2.31. The number of piperidine rings is 1. The van der Waals surface area contributed by atoms with E-state index in [0.29, 0.717) is 36.4 Å². The number of carbonyl (C=O) groups excluding carboxylic acids is 1. The second-order valence-electron chi connectivity index (χ2n) is 9.94. The van der Waals surface area contributed by atoms with E-state index in [1.54, 1.807) is 22.7 Å². The maximum Gasteiger partial charge on any atom is 0.272 e. The summed E-state index contributed by atoms with van der Waals surface area (Å²) in [4.78, 5) is 18.3. The van der Waals surface area contributed by atoms with Crippen molar-refractivity contribution in [3.05, 3.63) is 76.7 Å². The molecule has 10 heteroatoms. The summed E-state index contributed by atoms with van der Waals surface area (Å²) in [7, 11) is -2.36. The zero-order valence-corrected chi connectivity index (χ0v) is 23.5. The monoisotopic (exact) mass is 547 g/mol. The maximum absolute atomic E-state index is 13.7. The number of methoxy groups -OCH3 is 1. The first kappa shape index (κ1) is 26.8. The van der Waals surface area contributed by atoms with E-state index in [2.05, 4.69) is 10.4 Å². The Hall–Kier alpha value is -3.76. The number of carbonyl (C=O) groups is 1. The fourth-order valence-electron chi connectivity index (χ4n) is 5.09. The van der Waals surface area contributed by atoms with Gasteiger partial charge in [-0.3, -0.25) is 4.79 Å². The Kier molecular flexibility index (Phi) is 7.42. The lowest BCUT2D eigenvalue weighted by molar-refractivity contribution is 0.0946. The molecule has 9 nitrogen and oxygen atoms in total. The van der Waals surface area contributed by atoms with Crippen LogP contribution in [0.1, 0.15) is 52.3 Å². The number of benzene rings is 2. The van der Waals surface area contributed by atoms with Crippen molar-refractivity contribution in [2.75, 3.05) is 20.2 Å². The summed E-state index contributed by atoms with van der Waals surface area (Å²) in [5.74, 6) is -0.112. The molecule has 2 aromatic heterocycles. The minimum absolute atomic E-state index is 0.0689. The molecule has 5 rings (SSSR count). The Labute approximate surface area is 228 Å². The van der Waals surface area contributed by atoms with Crippen molar-refractivity contribution in [2.45, 2.75) is 51.5 Å². The predicted octanol–water partition coefficient (Wildman–Crippen LogP) is 4.43. The minimum Gasteiger partial charge on any atom is -0.495 e. The number of aromatic nitrogens is 3. The van der Waals surface area contributed by atoms with Crippen molar-refractivity contribution in [3.63, 3.8) is 0 Å². The quantitative estimate of drug-likeness (QED) is 0.367. The molecule has 0 radical (unpaired) electrons. The summed E-state index contributed by atoms with van der Waals surface area (Å²) in [6.45, 7) is 7.05. The molecule has 0 atom stereocenters. The molecular weight excluding hydrogens is 514 g/mol. The standard InChI is InChI=1S/C29H33N5O4S/c1-19-10-6-7-11-23(19)18-30-29(35)27-26(28-31-20(2)16-21(3)34(28)32-27)22-12-13-24(38-4)25(17-22)39(36,37)33-14-8-5-9-15-33/h6-7,10-13,16-17H,5,8-9,14-15,18H2,1-4H3,(H,30,35). The number of ether oxygens (including phenoxy) is 1. The number of fused-ring (bicyclic) bond motifs is 1. The molecular formula is C29H33N5O4S. The molecule has 1 aliphatic rings. The zero-order valence-electron chi connectivity index (χ0n) is 22.7. The molecule has 2 aromatic carbocycles. The normalized spacial score (nSPS) is 14.5. The second-order valence-corrected chi connectivity index (χ2v) is 11.8. The van der Waals surface area contributed by atoms with Crippen LogP contribution in [0.5, 0.6) is 5.75 Å². The van der Waals surface area contributed by atoms with E-state index < -0.39 is 10.0 Å². The van der Waals surface area contributed by atoms with Gasteiger partial charge in [0.15, 0.2) is 11.3 Å². The highest BCUT2D eigenvalue weighted by atomic mass is 32.2. The molecule has 3 heterocycles. The van der Waals surface area contributed by atoms with Crippen LogP contribution in [0.3, 0.4) is 0 Å². The summed E-state index contributed by atoms with van der Waals surface area (Å²) >= 11 is 0. The number of sulfonamides is 1. The number of nitrogens with one attached hydrogen (secondary N) is 1. The Morgan fingerprint density at radius 1 is 1.03 bits per heavy atom. The molecule has 0 spiro atoms. The summed E-state index contributed by atoms with van der Waals surface area (Å²) in [5, 5.41) is 7.63. The fraction of sp³-hybridized carbons (Fsp3) is 0.345. The molecule has 1 fully saturated rings. The van der Waals surface area contributed by atoms with Gasteiger partial charge in [0.05, 0.1) is 12.7 Å². The third-order valence-corrected chi connectivity index (χ3v) is 9.12. The highest BCUT2D eigenvalue weighted by molar-refractivity contribution is 7.89. The Bertz CT molecular complexity index is 1660. The number of nitrogens with zero attached hydrogens (tertiary/aromatic N) is 4. The SMILES string of the molecule is COc1ccc(-c2c(C(=O)NCc3ccccc3C)nn3c(C)cc(C)nc23)cc1S(=O)(=O)N1CCCCC1. The van der Waals surface area contributed by atoms with Gasteiger partial charge in [-0.05, 0) is 68.5 Å². The maximum atomic E-state index is 13.7. The topological polar surface area (TPSA) is 106 Å². The number of hydrogen-bond acceptors (Lipinski definition) is 6. The third-order valence-electron chi connectivity index (χ3n) is 7.20. The van der Waals surface area contributed by atoms with Crippen LogP contribution in [0.4, 0.5) is 0 Å². The van der Waals surface area contributed by atoms with Gasteiger partial charge in [0.25, 0.3) is 5.91 Å². The van der Waals surface area contributed by atoms with E-state index >= 15 is 0 Å². The van der Waals surface area contributed by atoms with Gasteiger partial charge in [-0.2, -0.15) is 9.40 Å². The first-order valence-electron chi connectivity index (χ1n) is 13.1. The fourth-order valence-corrected chi connectivity index (χ4v) is 6.79. The van der Waals surface area contributed by atoms with Crippen molar-refractivity contribution < 1.29 is 17.9 Å². The van der Waals surface area contributed by atoms with Crippen LogP contribution in [0, 0.1) is 20.8 Å². The van der Waals surface area contributed by atoms with Crippen molar-refractivity contribution in [3.8, 4) is 16.9 Å². The lowest BCUT2D eigenvalue weighted by Crippen LogP contribution is -2.35. The first-order chi connectivity index (χ1) is 18.7. The highest BCUT2D eigenvalue weighted by Crippen LogP contribution is 2.36. The predicted molar refractivity (Wildman–Crippen MR) is 149 cm³/mol. The van der Waals surface area contributed by atoms with Gasteiger partial charge >= 0.3 is 0 Å². The van der Waals surface area contributed by atoms with Crippen LogP contribution in [0.25, 0.3) is 16.8 Å². The lowest BCUT2D eigenvalue weighted by atomic mass is 10.0. The first-order valence-corrected chi connectivity index (χ1v) is 14.5. The van der Waals surface area contributed by atoms with Gasteiger partial charge in [-0.15, -0.1) is 0 Å². The van der Waals surface area contributed by atoms with E-state index in [-0.39, 0.29) is 22.2 Å². The van der Waals surface area contributed by atoms with Crippen LogP contribution in [0.15, 0.2) is 53.4 Å². The average Bonchev–Trinajstić information content (AvgIpc) is 3.32. The summed E-state index contributed by atoms with van der Waals surface area (Å²) in [6.07, 6.45) is 2.66. The molecule has 39 heavy (non-hydrogen) atoms. The van der Waals surface area contributed by atoms with Gasteiger partial charge in [0, 0.05) is 31.0 Å². The molecule has 4 aromatic rings. The molecule has 0 saturated carbocycles. The number of rotatable bonds is 7. The second kappa shape index (κ2) is 10.8. The lowest BCUT2D eigenvalue weighted by Gasteiger charge is -2.26. The summed E-state index contributed by atoms with van der Waals surface area (Å²) < 4.78 is 36.0. The molecule has 1 saturated heterocycles. The van der Waals surface area contributed by atoms with Gasteiger partial charge in [-0.1, -0.05) is 36.8 Å². The molecule has 0 bridgehead atoms. The van der Waals surface area contributed by atoms with Crippen LogP contribution in [0.2, 0.25) is 0 Å². The van der Waals surface area contributed by atoms with Gasteiger partial charge in [0.1, 0.15) is 10.6 Å². The van der Waals surface area contributed by atoms with Gasteiger partial charge in [0.2, 0.25) is 10.0 Å². The molecule has 1 N–H and O–H groups in total. The molecule has 204 valence electrons. The number of aryl methyl sites for hydroxylation is 3. The third kappa shape index (κ3) is 5.14. The van der Waals surface area contributed by atoms with Crippen LogP contribution >= 0.6 is 0 Å². The van der Waals surface area contributed by atoms with E-state index in [9.17, 15) is 13.2 Å². The summed E-state index contributed by atoms with van der Waals surface area (Å²) in [5.41, 5.74) is 5.32. The Balaban J connectivity index is 1.64. The minimum atomic E-state index is -3.81. The Morgan fingerprint density at radius 3 is 2.49 bits per heavy atom. The number of amides is 1. The van der Waals surface area contributed by atoms with Crippen molar-refractivity contribution in [2.24, 2.45) is 0 Å². The molecule has 1 aliphatic heterocycles. The Morgan fingerprint density at radius 2 is 1.77 bits per heavy atom. The van der Waals surface area contributed by atoms with Crippen LogP contribution in [-0.4, -0.2) is 53.4 Å². The average molecular weight is 548 g/mol. The molecule has 0 unspecified atom stereocenters. The van der Waals surface area contributed by atoms with Crippen molar-refractivity contribution >= 4 is 21.6 Å². The molecule has 0 aliphatic carbocycles. The zero-order chi connectivity index (χ0) is 27.7. The van der Waals surface area contributed by atoms with E-state index in [1.807, 2.05) is 51.1 Å². The van der Waals surface area contributed by atoms with E-state index in [1.165, 1.54) is 11.4 Å². The van der Waals surface area contributed by atoms with Crippen LogP contribution < -0.4 is 10.1 Å². The summed E-state index contributed by atoms with van der Waals surface area (Å²) in [6, 6.07) is 14.7. The van der Waals surface area contributed by atoms with Gasteiger partial charge < -0.3 is 10.1 Å². The largest absolute Gasteiger partial charge is 0.495 e. The van der Waals surface area contributed by atoms with Crippen LogP contribution in [-0.2, 0) is 16.6 Å². The number of hydrogen-bond donors (Lipinski definition) is 1. The van der Waals surface area contributed by atoms with E-state index in [4.69, 9.17) is 9.72 Å². The van der Waals surface area contributed by atoms with Crippen molar-refractivity contribution in [1.82, 2.24) is 24.2 Å². The van der Waals surface area contributed by atoms with Crippen molar-refractivity contribution in [1.29, 1.82) is 0 Å².